The Morgan fingerprint density at radius 2 is 2.27 bits per heavy atom. The van der Waals surface area contributed by atoms with E-state index in [2.05, 4.69) is 15.9 Å². The van der Waals surface area contributed by atoms with Crippen molar-refractivity contribution < 1.29 is 9.53 Å². The van der Waals surface area contributed by atoms with Gasteiger partial charge in [-0.25, -0.2) is 0 Å². The molecule has 0 aliphatic rings. The van der Waals surface area contributed by atoms with E-state index < -0.39 is 0 Å². The first-order valence-electron chi connectivity index (χ1n) is 4.62. The lowest BCUT2D eigenvalue weighted by molar-refractivity contribution is 0.0963. The van der Waals surface area contributed by atoms with Crippen LogP contribution < -0.4 is 0 Å². The van der Waals surface area contributed by atoms with E-state index in [9.17, 15) is 4.79 Å². The Morgan fingerprint density at radius 3 is 2.87 bits per heavy atom. The van der Waals surface area contributed by atoms with Crippen molar-refractivity contribution >= 4 is 33.3 Å². The minimum absolute atomic E-state index is 0.0986. The zero-order chi connectivity index (χ0) is 11.3. The van der Waals surface area contributed by atoms with Crippen molar-refractivity contribution in [3.63, 3.8) is 0 Å². The maximum absolute atomic E-state index is 11.7. The summed E-state index contributed by atoms with van der Waals surface area (Å²) in [6.45, 7) is 0.607. The molecule has 15 heavy (non-hydrogen) atoms. The molecule has 2 nitrogen and oxygen atoms in total. The average Bonchev–Trinajstić information content (AvgIpc) is 2.22. The van der Waals surface area contributed by atoms with Gasteiger partial charge in [0.25, 0.3) is 0 Å². The quantitative estimate of drug-likeness (QED) is 0.610. The van der Waals surface area contributed by atoms with Gasteiger partial charge >= 0.3 is 0 Å². The summed E-state index contributed by atoms with van der Waals surface area (Å²) in [6.07, 6.45) is 1.23. The van der Waals surface area contributed by atoms with Gasteiger partial charge in [-0.05, 0) is 34.5 Å². The lowest BCUT2D eigenvalue weighted by Crippen LogP contribution is -2.01. The number of ether oxygens (including phenoxy) is 1. The van der Waals surface area contributed by atoms with Gasteiger partial charge in [0.1, 0.15) is 0 Å². The van der Waals surface area contributed by atoms with Gasteiger partial charge in [-0.2, -0.15) is 0 Å². The van der Waals surface area contributed by atoms with Crippen LogP contribution in [0, 0.1) is 0 Å². The van der Waals surface area contributed by atoms with Crippen LogP contribution in [-0.2, 0) is 4.74 Å². The number of halogens is 2. The summed E-state index contributed by atoms with van der Waals surface area (Å²) in [6, 6.07) is 5.23. The van der Waals surface area contributed by atoms with Gasteiger partial charge in [-0.15, -0.1) is 0 Å². The third-order valence-electron chi connectivity index (χ3n) is 1.99. The normalized spacial score (nSPS) is 10.3. The van der Waals surface area contributed by atoms with Crippen LogP contribution in [0.25, 0.3) is 0 Å². The van der Waals surface area contributed by atoms with Crippen LogP contribution in [0.3, 0.4) is 0 Å². The molecule has 0 heterocycles. The van der Waals surface area contributed by atoms with Crippen LogP contribution in [0.2, 0.25) is 5.02 Å². The SMILES string of the molecule is COCCCC(=O)c1ccc(Br)c(Cl)c1. The van der Waals surface area contributed by atoms with Crippen molar-refractivity contribution in [1.82, 2.24) is 0 Å². The van der Waals surface area contributed by atoms with E-state index >= 15 is 0 Å². The Kier molecular flexibility index (Phi) is 5.29. The van der Waals surface area contributed by atoms with Crippen LogP contribution in [0.4, 0.5) is 0 Å². The zero-order valence-electron chi connectivity index (χ0n) is 8.43. The van der Waals surface area contributed by atoms with E-state index in [1.54, 1.807) is 25.3 Å². The van der Waals surface area contributed by atoms with Crippen LogP contribution in [0.5, 0.6) is 0 Å². The van der Waals surface area contributed by atoms with Crippen LogP contribution in [0.15, 0.2) is 22.7 Å². The van der Waals surface area contributed by atoms with Crippen LogP contribution in [-0.4, -0.2) is 19.5 Å². The summed E-state index contributed by atoms with van der Waals surface area (Å²) in [7, 11) is 1.63. The van der Waals surface area contributed by atoms with E-state index in [-0.39, 0.29) is 5.78 Å². The molecule has 0 atom stereocenters. The number of benzene rings is 1. The molecule has 0 spiro atoms. The maximum atomic E-state index is 11.7. The van der Waals surface area contributed by atoms with E-state index in [0.717, 1.165) is 10.9 Å². The predicted molar refractivity (Wildman–Crippen MR) is 64.6 cm³/mol. The summed E-state index contributed by atoms with van der Waals surface area (Å²) in [5.41, 5.74) is 0.652. The lowest BCUT2D eigenvalue weighted by atomic mass is 10.1. The second-order valence-corrected chi connectivity index (χ2v) is 4.41. The molecule has 1 rings (SSSR count). The third-order valence-corrected chi connectivity index (χ3v) is 3.23. The van der Waals surface area contributed by atoms with E-state index in [0.29, 0.717) is 23.6 Å². The summed E-state index contributed by atoms with van der Waals surface area (Å²) in [5, 5.41) is 0.563. The van der Waals surface area contributed by atoms with E-state index in [4.69, 9.17) is 16.3 Å². The van der Waals surface area contributed by atoms with Crippen molar-refractivity contribution in [2.24, 2.45) is 0 Å². The largest absolute Gasteiger partial charge is 0.385 e. The Hall–Kier alpha value is -0.380. The molecule has 0 bridgehead atoms. The van der Waals surface area contributed by atoms with Crippen LogP contribution >= 0.6 is 27.5 Å². The number of rotatable bonds is 5. The summed E-state index contributed by atoms with van der Waals surface area (Å²) < 4.78 is 5.69. The smallest absolute Gasteiger partial charge is 0.163 e. The van der Waals surface area contributed by atoms with Crippen molar-refractivity contribution in [2.45, 2.75) is 12.8 Å². The third kappa shape index (κ3) is 3.93. The lowest BCUT2D eigenvalue weighted by Gasteiger charge is -2.02. The zero-order valence-corrected chi connectivity index (χ0v) is 10.8. The van der Waals surface area contributed by atoms with Crippen molar-refractivity contribution in [3.8, 4) is 0 Å². The van der Waals surface area contributed by atoms with E-state index in [1.165, 1.54) is 0 Å². The monoisotopic (exact) mass is 290 g/mol. The van der Waals surface area contributed by atoms with Gasteiger partial charge in [0.2, 0.25) is 0 Å². The molecule has 0 amide bonds. The molecule has 0 unspecified atom stereocenters. The summed E-state index contributed by atoms with van der Waals surface area (Å²) in [5.74, 6) is 0.0986. The fourth-order valence-electron chi connectivity index (χ4n) is 1.19. The van der Waals surface area contributed by atoms with Gasteiger partial charge < -0.3 is 4.74 Å². The molecule has 0 saturated heterocycles. The number of methoxy groups -OCH3 is 1. The molecule has 0 fully saturated rings. The number of carbonyl (C=O) groups excluding carboxylic acids is 1. The first kappa shape index (κ1) is 12.7. The molecule has 1 aromatic carbocycles. The number of Topliss-reactive ketones (excluding diaryl/α,β-unsaturated/α-hetero) is 1. The molecular weight excluding hydrogens is 279 g/mol. The molecular formula is C11H12BrClO2. The fraction of sp³-hybridized carbons (Fsp3) is 0.364. The molecule has 1 aromatic rings. The van der Waals surface area contributed by atoms with Crippen LogP contribution in [0.1, 0.15) is 23.2 Å². The van der Waals surface area contributed by atoms with E-state index in [1.807, 2.05) is 0 Å². The molecule has 0 aromatic heterocycles. The van der Waals surface area contributed by atoms with Gasteiger partial charge in [0, 0.05) is 30.2 Å². The summed E-state index contributed by atoms with van der Waals surface area (Å²) >= 11 is 9.17. The minimum atomic E-state index is 0.0986. The number of carbonyl (C=O) groups is 1. The molecule has 0 N–H and O–H groups in total. The first-order chi connectivity index (χ1) is 7.15. The van der Waals surface area contributed by atoms with Gasteiger partial charge in [-0.3, -0.25) is 4.79 Å². The van der Waals surface area contributed by atoms with Gasteiger partial charge in [0.05, 0.1) is 5.02 Å². The number of hydrogen-bond acceptors (Lipinski definition) is 2. The highest BCUT2D eigenvalue weighted by Crippen LogP contribution is 2.23. The topological polar surface area (TPSA) is 26.3 Å². The minimum Gasteiger partial charge on any atom is -0.385 e. The molecule has 0 aliphatic heterocycles. The standard InChI is InChI=1S/C11H12BrClO2/c1-15-6-2-3-11(14)8-4-5-9(12)10(13)7-8/h4-5,7H,2-3,6H2,1H3. The highest BCUT2D eigenvalue weighted by molar-refractivity contribution is 9.10. The molecule has 0 radical (unpaired) electrons. The Labute approximate surface area is 103 Å². The molecule has 0 aliphatic carbocycles. The van der Waals surface area contributed by atoms with Gasteiger partial charge in [-0.1, -0.05) is 17.7 Å². The Morgan fingerprint density at radius 1 is 1.53 bits per heavy atom. The summed E-state index contributed by atoms with van der Waals surface area (Å²) in [4.78, 5) is 11.7. The predicted octanol–water partition coefficient (Wildman–Crippen LogP) is 3.71. The van der Waals surface area contributed by atoms with Crippen molar-refractivity contribution in [2.75, 3.05) is 13.7 Å². The molecule has 4 heteroatoms. The highest BCUT2D eigenvalue weighted by Gasteiger charge is 2.07. The van der Waals surface area contributed by atoms with Crippen molar-refractivity contribution in [1.29, 1.82) is 0 Å². The number of hydrogen-bond donors (Lipinski definition) is 0. The Balaban J connectivity index is 2.62. The molecule has 82 valence electrons. The highest BCUT2D eigenvalue weighted by atomic mass is 79.9. The van der Waals surface area contributed by atoms with Crippen molar-refractivity contribution in [3.05, 3.63) is 33.3 Å². The first-order valence-corrected chi connectivity index (χ1v) is 5.79. The number of ketones is 1. The maximum Gasteiger partial charge on any atom is 0.163 e. The molecule has 0 saturated carbocycles. The van der Waals surface area contributed by atoms with Gasteiger partial charge in [0.15, 0.2) is 5.78 Å². The fourth-order valence-corrected chi connectivity index (χ4v) is 1.62. The second-order valence-electron chi connectivity index (χ2n) is 3.15. The second kappa shape index (κ2) is 6.26. The average molecular weight is 292 g/mol. The Bertz CT molecular complexity index is 352.